The number of nitrogens with zero attached hydrogens (tertiary/aromatic N) is 2. The van der Waals surface area contributed by atoms with Crippen molar-refractivity contribution in [2.24, 2.45) is 11.8 Å². The van der Waals surface area contributed by atoms with Gasteiger partial charge in [-0.2, -0.15) is 5.10 Å². The van der Waals surface area contributed by atoms with E-state index in [0.717, 1.165) is 16.9 Å². The number of hydrogen-bond donors (Lipinski definition) is 2. The molecule has 1 aromatic heterocycles. The Balaban J connectivity index is 2.08. The molecule has 0 saturated heterocycles. The van der Waals surface area contributed by atoms with Gasteiger partial charge in [0.1, 0.15) is 0 Å². The molecule has 1 unspecified atom stereocenters. The maximum atomic E-state index is 12.3. The van der Waals surface area contributed by atoms with Crippen molar-refractivity contribution < 1.29 is 14.7 Å². The number of aliphatic carboxylic acids is 1. The number of benzene rings is 1. The van der Waals surface area contributed by atoms with Crippen LogP contribution in [0, 0.1) is 25.7 Å². The minimum atomic E-state index is -0.893. The zero-order valence-electron chi connectivity index (χ0n) is 15.1. The fourth-order valence-electron chi connectivity index (χ4n) is 2.68. The third-order valence-corrected chi connectivity index (χ3v) is 4.01. The van der Waals surface area contributed by atoms with Gasteiger partial charge in [-0.25, -0.2) is 4.68 Å². The standard InChI is InChI=1S/C19H25N3O3/c1-12(2)9-15(19(24)25)11-20-18(23)17-10-14(4)22(21-17)16-7-5-13(3)6-8-16/h5-8,10,12,15H,9,11H2,1-4H3,(H,20,23)(H,24,25). The van der Waals surface area contributed by atoms with Crippen LogP contribution in [-0.2, 0) is 4.79 Å². The number of amides is 1. The summed E-state index contributed by atoms with van der Waals surface area (Å²) in [5.74, 6) is -1.59. The number of aromatic nitrogens is 2. The van der Waals surface area contributed by atoms with Crippen molar-refractivity contribution in [1.29, 1.82) is 0 Å². The Labute approximate surface area is 147 Å². The molecule has 0 aliphatic rings. The van der Waals surface area contributed by atoms with Crippen LogP contribution in [0.4, 0.5) is 0 Å². The number of rotatable bonds is 7. The number of carbonyl (C=O) groups excluding carboxylic acids is 1. The van der Waals surface area contributed by atoms with Crippen molar-refractivity contribution in [3.63, 3.8) is 0 Å². The lowest BCUT2D eigenvalue weighted by Gasteiger charge is -2.14. The van der Waals surface area contributed by atoms with Crippen molar-refractivity contribution in [3.8, 4) is 5.69 Å². The number of hydrogen-bond acceptors (Lipinski definition) is 3. The molecule has 0 spiro atoms. The van der Waals surface area contributed by atoms with Crippen LogP contribution in [0.1, 0.15) is 42.0 Å². The monoisotopic (exact) mass is 343 g/mol. The number of aryl methyl sites for hydroxylation is 2. The molecule has 0 radical (unpaired) electrons. The highest BCUT2D eigenvalue weighted by Crippen LogP contribution is 2.14. The predicted molar refractivity (Wildman–Crippen MR) is 96.0 cm³/mol. The fourth-order valence-corrected chi connectivity index (χ4v) is 2.68. The molecule has 1 atom stereocenters. The van der Waals surface area contributed by atoms with Gasteiger partial charge in [0, 0.05) is 12.2 Å². The summed E-state index contributed by atoms with van der Waals surface area (Å²) in [6, 6.07) is 9.56. The maximum Gasteiger partial charge on any atom is 0.308 e. The Morgan fingerprint density at radius 2 is 1.84 bits per heavy atom. The van der Waals surface area contributed by atoms with Gasteiger partial charge in [-0.3, -0.25) is 9.59 Å². The van der Waals surface area contributed by atoms with Crippen molar-refractivity contribution in [1.82, 2.24) is 15.1 Å². The molecule has 25 heavy (non-hydrogen) atoms. The third-order valence-electron chi connectivity index (χ3n) is 4.01. The first-order valence-electron chi connectivity index (χ1n) is 8.42. The SMILES string of the molecule is Cc1ccc(-n2nc(C(=O)NCC(CC(C)C)C(=O)O)cc2C)cc1. The summed E-state index contributed by atoms with van der Waals surface area (Å²) in [6.45, 7) is 7.91. The summed E-state index contributed by atoms with van der Waals surface area (Å²) in [4.78, 5) is 23.6. The van der Waals surface area contributed by atoms with E-state index >= 15 is 0 Å². The second-order valence-electron chi connectivity index (χ2n) is 6.79. The van der Waals surface area contributed by atoms with Crippen molar-refractivity contribution >= 4 is 11.9 Å². The lowest BCUT2D eigenvalue weighted by atomic mass is 9.97. The summed E-state index contributed by atoms with van der Waals surface area (Å²) < 4.78 is 1.71. The van der Waals surface area contributed by atoms with Crippen molar-refractivity contribution in [2.75, 3.05) is 6.54 Å². The fraction of sp³-hybridized carbons (Fsp3) is 0.421. The van der Waals surface area contributed by atoms with Gasteiger partial charge in [0.2, 0.25) is 0 Å². The van der Waals surface area contributed by atoms with E-state index in [0.29, 0.717) is 6.42 Å². The summed E-state index contributed by atoms with van der Waals surface area (Å²) in [7, 11) is 0. The number of nitrogens with one attached hydrogen (secondary N) is 1. The quantitative estimate of drug-likeness (QED) is 0.809. The van der Waals surface area contributed by atoms with Gasteiger partial charge < -0.3 is 10.4 Å². The molecule has 2 N–H and O–H groups in total. The van der Waals surface area contributed by atoms with Crippen molar-refractivity contribution in [2.45, 2.75) is 34.1 Å². The molecular formula is C19H25N3O3. The van der Waals surface area contributed by atoms with E-state index < -0.39 is 11.9 Å². The van der Waals surface area contributed by atoms with Gasteiger partial charge >= 0.3 is 5.97 Å². The zero-order valence-corrected chi connectivity index (χ0v) is 15.1. The highest BCUT2D eigenvalue weighted by atomic mass is 16.4. The summed E-state index contributed by atoms with van der Waals surface area (Å²) in [5, 5.41) is 16.3. The molecule has 6 heteroatoms. The molecule has 134 valence electrons. The van der Waals surface area contributed by atoms with E-state index in [1.165, 1.54) is 0 Å². The molecule has 1 amide bonds. The molecule has 0 aliphatic heterocycles. The second-order valence-corrected chi connectivity index (χ2v) is 6.79. The van der Waals surface area contributed by atoms with Gasteiger partial charge in [-0.15, -0.1) is 0 Å². The van der Waals surface area contributed by atoms with Crippen LogP contribution in [0.5, 0.6) is 0 Å². The van der Waals surface area contributed by atoms with Crippen LogP contribution in [0.15, 0.2) is 30.3 Å². The Morgan fingerprint density at radius 1 is 1.20 bits per heavy atom. The average Bonchev–Trinajstić information content (AvgIpc) is 2.93. The Kier molecular flexibility index (Phi) is 5.96. The molecule has 1 aromatic carbocycles. The van der Waals surface area contributed by atoms with Gasteiger partial charge in [0.05, 0.1) is 11.6 Å². The van der Waals surface area contributed by atoms with Crippen LogP contribution in [0.3, 0.4) is 0 Å². The Morgan fingerprint density at radius 3 is 2.40 bits per heavy atom. The van der Waals surface area contributed by atoms with Gasteiger partial charge in [0.15, 0.2) is 5.69 Å². The second kappa shape index (κ2) is 7.96. The summed E-state index contributed by atoms with van der Waals surface area (Å²) in [5.41, 5.74) is 3.15. The molecule has 2 rings (SSSR count). The molecule has 0 bridgehead atoms. The van der Waals surface area contributed by atoms with E-state index in [4.69, 9.17) is 0 Å². The Bertz CT molecular complexity index is 748. The molecule has 0 saturated carbocycles. The zero-order chi connectivity index (χ0) is 18.6. The average molecular weight is 343 g/mol. The molecule has 2 aromatic rings. The first kappa shape index (κ1) is 18.7. The number of carbonyl (C=O) groups is 2. The van der Waals surface area contributed by atoms with Gasteiger partial charge in [-0.05, 0) is 44.4 Å². The third kappa shape index (κ3) is 4.92. The molecule has 1 heterocycles. The smallest absolute Gasteiger partial charge is 0.308 e. The molecule has 0 aliphatic carbocycles. The Hall–Kier alpha value is -2.63. The molecule has 6 nitrogen and oxygen atoms in total. The highest BCUT2D eigenvalue weighted by molar-refractivity contribution is 5.92. The maximum absolute atomic E-state index is 12.3. The molecule has 0 fully saturated rings. The molecular weight excluding hydrogens is 318 g/mol. The van der Waals surface area contributed by atoms with Crippen molar-refractivity contribution in [3.05, 3.63) is 47.3 Å². The number of carboxylic acids is 1. The van der Waals surface area contributed by atoms with Gasteiger partial charge in [0.25, 0.3) is 5.91 Å². The first-order valence-corrected chi connectivity index (χ1v) is 8.42. The minimum Gasteiger partial charge on any atom is -0.481 e. The van der Waals surface area contributed by atoms with E-state index in [-0.39, 0.29) is 24.1 Å². The van der Waals surface area contributed by atoms with Crippen LogP contribution in [0.2, 0.25) is 0 Å². The van der Waals surface area contributed by atoms with E-state index in [9.17, 15) is 14.7 Å². The largest absolute Gasteiger partial charge is 0.481 e. The van der Waals surface area contributed by atoms with E-state index in [1.807, 2.05) is 52.0 Å². The van der Waals surface area contributed by atoms with Crippen LogP contribution in [0.25, 0.3) is 5.69 Å². The van der Waals surface area contributed by atoms with Gasteiger partial charge in [-0.1, -0.05) is 31.5 Å². The lowest BCUT2D eigenvalue weighted by Crippen LogP contribution is -2.33. The topological polar surface area (TPSA) is 84.2 Å². The van der Waals surface area contributed by atoms with E-state index in [2.05, 4.69) is 10.4 Å². The summed E-state index contributed by atoms with van der Waals surface area (Å²) >= 11 is 0. The summed E-state index contributed by atoms with van der Waals surface area (Å²) in [6.07, 6.45) is 0.520. The van der Waals surface area contributed by atoms with Crippen LogP contribution < -0.4 is 5.32 Å². The predicted octanol–water partition coefficient (Wildman–Crippen LogP) is 2.97. The van der Waals surface area contributed by atoms with E-state index in [1.54, 1.807) is 10.7 Å². The highest BCUT2D eigenvalue weighted by Gasteiger charge is 2.21. The normalized spacial score (nSPS) is 12.2. The van der Waals surface area contributed by atoms with Crippen LogP contribution in [-0.4, -0.2) is 33.3 Å². The number of carboxylic acid groups (broad SMARTS) is 1. The lowest BCUT2D eigenvalue weighted by molar-refractivity contribution is -0.142. The first-order chi connectivity index (χ1) is 11.8. The minimum absolute atomic E-state index is 0.1000. The van der Waals surface area contributed by atoms with Crippen LogP contribution >= 0.6 is 0 Å².